The first-order chi connectivity index (χ1) is 13.1. The Balaban J connectivity index is 1.78. The second-order valence-electron chi connectivity index (χ2n) is 5.27. The minimum Gasteiger partial charge on any atom is -0.481 e. The second kappa shape index (κ2) is 8.26. The lowest BCUT2D eigenvalue weighted by atomic mass is 10.2. The molecular formula is C18H16F2N4O3. The number of nitrogens with one attached hydrogen (secondary N) is 1. The third-order valence-corrected chi connectivity index (χ3v) is 3.51. The lowest BCUT2D eigenvalue weighted by Crippen LogP contribution is -2.05. The number of pyridine rings is 1. The number of rotatable bonds is 7. The normalized spacial score (nSPS) is 10.4. The molecule has 3 rings (SSSR count). The highest BCUT2D eigenvalue weighted by Gasteiger charge is 2.12. The topological polar surface area (TPSA) is 78.4 Å². The smallest absolute Gasteiger partial charge is 0.328 e. The molecule has 0 saturated heterocycles. The van der Waals surface area contributed by atoms with E-state index in [2.05, 4.69) is 20.3 Å². The Morgan fingerprint density at radius 1 is 0.963 bits per heavy atom. The van der Waals surface area contributed by atoms with Gasteiger partial charge in [0.05, 0.1) is 26.8 Å². The Morgan fingerprint density at radius 3 is 2.37 bits per heavy atom. The summed E-state index contributed by atoms with van der Waals surface area (Å²) in [4.78, 5) is 12.4. The molecule has 1 N–H and O–H groups in total. The number of ether oxygens (including phenoxy) is 3. The Morgan fingerprint density at radius 2 is 1.70 bits per heavy atom. The summed E-state index contributed by atoms with van der Waals surface area (Å²) < 4.78 is 42.2. The van der Waals surface area contributed by atoms with Crippen molar-refractivity contribution in [3.63, 3.8) is 0 Å². The van der Waals surface area contributed by atoms with E-state index in [-0.39, 0.29) is 24.3 Å². The zero-order valence-corrected chi connectivity index (χ0v) is 14.6. The zero-order valence-electron chi connectivity index (χ0n) is 14.6. The van der Waals surface area contributed by atoms with E-state index in [9.17, 15) is 8.78 Å². The third-order valence-electron chi connectivity index (χ3n) is 3.51. The molecule has 2 heterocycles. The zero-order chi connectivity index (χ0) is 19.2. The lowest BCUT2D eigenvalue weighted by Gasteiger charge is -2.12. The molecule has 1 aromatic carbocycles. The van der Waals surface area contributed by atoms with Crippen molar-refractivity contribution in [2.75, 3.05) is 19.5 Å². The molecule has 0 fully saturated rings. The van der Waals surface area contributed by atoms with Gasteiger partial charge in [-0.25, -0.2) is 8.78 Å². The van der Waals surface area contributed by atoms with Crippen LogP contribution in [0.1, 0.15) is 5.69 Å². The van der Waals surface area contributed by atoms with Crippen LogP contribution in [0.25, 0.3) is 0 Å². The van der Waals surface area contributed by atoms with E-state index < -0.39 is 11.6 Å². The van der Waals surface area contributed by atoms with E-state index >= 15 is 0 Å². The number of benzene rings is 1. The minimum absolute atomic E-state index is 0.0216. The van der Waals surface area contributed by atoms with E-state index in [1.165, 1.54) is 26.4 Å². The number of methoxy groups -OCH3 is 2. The third kappa shape index (κ3) is 4.57. The molecule has 0 unspecified atom stereocenters. The number of aromatic nitrogens is 3. The van der Waals surface area contributed by atoms with Crippen molar-refractivity contribution in [3.8, 4) is 23.5 Å². The predicted octanol–water partition coefficient (Wildman–Crippen LogP) is 3.57. The summed E-state index contributed by atoms with van der Waals surface area (Å²) >= 11 is 0. The lowest BCUT2D eigenvalue weighted by molar-refractivity contribution is 0.347. The Bertz CT molecular complexity index is 918. The molecule has 0 spiro atoms. The first-order valence-corrected chi connectivity index (χ1v) is 7.87. The van der Waals surface area contributed by atoms with Crippen LogP contribution < -0.4 is 19.5 Å². The molecule has 0 radical (unpaired) electrons. The molecule has 0 aliphatic carbocycles. The second-order valence-corrected chi connectivity index (χ2v) is 5.27. The summed E-state index contributed by atoms with van der Waals surface area (Å²) in [5.74, 6) is -0.895. The highest BCUT2D eigenvalue weighted by Crippen LogP contribution is 2.26. The van der Waals surface area contributed by atoms with Crippen LogP contribution in [0.3, 0.4) is 0 Å². The van der Waals surface area contributed by atoms with E-state index in [1.54, 1.807) is 18.3 Å². The van der Waals surface area contributed by atoms with Crippen LogP contribution >= 0.6 is 0 Å². The van der Waals surface area contributed by atoms with Gasteiger partial charge in [0.15, 0.2) is 17.4 Å². The van der Waals surface area contributed by atoms with Crippen molar-refractivity contribution < 1.29 is 23.0 Å². The molecule has 0 atom stereocenters. The summed E-state index contributed by atoms with van der Waals surface area (Å²) in [6.07, 6.45) is 1.59. The molecule has 27 heavy (non-hydrogen) atoms. The Kier molecular flexibility index (Phi) is 5.60. The number of hydrogen-bond acceptors (Lipinski definition) is 7. The number of hydrogen-bond donors (Lipinski definition) is 1. The number of anilines is 1. The monoisotopic (exact) mass is 374 g/mol. The Labute approximate surface area is 154 Å². The van der Waals surface area contributed by atoms with Crippen molar-refractivity contribution in [2.24, 2.45) is 0 Å². The van der Waals surface area contributed by atoms with Crippen molar-refractivity contribution in [1.29, 1.82) is 0 Å². The van der Waals surface area contributed by atoms with Gasteiger partial charge in [0.1, 0.15) is 5.69 Å². The quantitative estimate of drug-likeness (QED) is 0.677. The molecule has 9 heteroatoms. The standard InChI is InChI=1S/C18H16F2N4O3/c1-25-16-9-17(26-2)24-18(23-16)27-15-4-3-7-21-14(15)10-22-11-5-6-12(19)13(20)8-11/h3-9,22H,10H2,1-2H3. The van der Waals surface area contributed by atoms with Gasteiger partial charge in [0.2, 0.25) is 11.8 Å². The van der Waals surface area contributed by atoms with Gasteiger partial charge in [-0.1, -0.05) is 0 Å². The summed E-state index contributed by atoms with van der Waals surface area (Å²) in [5.41, 5.74) is 0.928. The molecule has 2 aromatic heterocycles. The molecule has 7 nitrogen and oxygen atoms in total. The maximum absolute atomic E-state index is 13.3. The van der Waals surface area contributed by atoms with E-state index in [1.807, 2.05) is 0 Å². The van der Waals surface area contributed by atoms with Gasteiger partial charge in [-0.05, 0) is 24.3 Å². The fraction of sp³-hybridized carbons (Fsp3) is 0.167. The van der Waals surface area contributed by atoms with Crippen LogP contribution in [-0.2, 0) is 6.54 Å². The van der Waals surface area contributed by atoms with Gasteiger partial charge < -0.3 is 19.5 Å². The maximum Gasteiger partial charge on any atom is 0.328 e. The fourth-order valence-corrected chi connectivity index (χ4v) is 2.18. The summed E-state index contributed by atoms with van der Waals surface area (Å²) in [6.45, 7) is 0.211. The van der Waals surface area contributed by atoms with Gasteiger partial charge in [-0.15, -0.1) is 0 Å². The molecular weight excluding hydrogens is 358 g/mol. The highest BCUT2D eigenvalue weighted by molar-refractivity contribution is 5.45. The molecule has 0 bridgehead atoms. The van der Waals surface area contributed by atoms with Crippen molar-refractivity contribution in [1.82, 2.24) is 15.0 Å². The van der Waals surface area contributed by atoms with Gasteiger partial charge in [0, 0.05) is 18.0 Å². The predicted molar refractivity (Wildman–Crippen MR) is 93.1 cm³/mol. The van der Waals surface area contributed by atoms with Crippen molar-refractivity contribution >= 4 is 5.69 Å². The SMILES string of the molecule is COc1cc(OC)nc(Oc2cccnc2CNc2ccc(F)c(F)c2)n1. The summed E-state index contributed by atoms with van der Waals surface area (Å²) in [7, 11) is 2.93. The van der Waals surface area contributed by atoms with Crippen LogP contribution in [0.4, 0.5) is 14.5 Å². The average Bonchev–Trinajstić information content (AvgIpc) is 2.69. The first kappa shape index (κ1) is 18.3. The van der Waals surface area contributed by atoms with Gasteiger partial charge >= 0.3 is 6.01 Å². The molecule has 0 amide bonds. The van der Waals surface area contributed by atoms with Crippen LogP contribution in [0.2, 0.25) is 0 Å². The van der Waals surface area contributed by atoms with E-state index in [0.717, 1.165) is 12.1 Å². The van der Waals surface area contributed by atoms with E-state index in [4.69, 9.17) is 14.2 Å². The largest absolute Gasteiger partial charge is 0.481 e. The molecule has 140 valence electrons. The van der Waals surface area contributed by atoms with Crippen LogP contribution in [0, 0.1) is 11.6 Å². The van der Waals surface area contributed by atoms with Crippen molar-refractivity contribution in [3.05, 3.63) is 59.9 Å². The molecule has 0 saturated carbocycles. The summed E-state index contributed by atoms with van der Waals surface area (Å²) in [5, 5.41) is 2.96. The molecule has 3 aromatic rings. The van der Waals surface area contributed by atoms with Crippen LogP contribution in [0.5, 0.6) is 23.5 Å². The van der Waals surface area contributed by atoms with Gasteiger partial charge in [-0.3, -0.25) is 4.98 Å². The van der Waals surface area contributed by atoms with Crippen LogP contribution in [0.15, 0.2) is 42.6 Å². The molecule has 0 aliphatic heterocycles. The first-order valence-electron chi connectivity index (χ1n) is 7.87. The highest BCUT2D eigenvalue weighted by atomic mass is 19.2. The van der Waals surface area contributed by atoms with Gasteiger partial charge in [0.25, 0.3) is 0 Å². The fourth-order valence-electron chi connectivity index (χ4n) is 2.18. The van der Waals surface area contributed by atoms with Crippen LogP contribution in [-0.4, -0.2) is 29.2 Å². The minimum atomic E-state index is -0.936. The average molecular weight is 374 g/mol. The number of halogens is 2. The van der Waals surface area contributed by atoms with E-state index in [0.29, 0.717) is 17.1 Å². The maximum atomic E-state index is 13.3. The van der Waals surface area contributed by atoms with Crippen molar-refractivity contribution in [2.45, 2.75) is 6.54 Å². The van der Waals surface area contributed by atoms with Gasteiger partial charge in [-0.2, -0.15) is 9.97 Å². The summed E-state index contributed by atoms with van der Waals surface area (Å²) in [6, 6.07) is 8.45. The Hall–Kier alpha value is -3.49. The number of nitrogens with zero attached hydrogens (tertiary/aromatic N) is 3. The molecule has 0 aliphatic rings.